The van der Waals surface area contributed by atoms with Crippen molar-refractivity contribution in [2.75, 3.05) is 0 Å². The van der Waals surface area contributed by atoms with Gasteiger partial charge in [-0.05, 0) is 41.8 Å². The number of rotatable bonds is 3. The first-order chi connectivity index (χ1) is 13.8. The normalized spacial score (nSPS) is 11.0. The van der Waals surface area contributed by atoms with Crippen LogP contribution < -0.4 is 0 Å². The second-order valence-electron chi connectivity index (χ2n) is 7.03. The standard InChI is InChI=1S/C26H19NS/c1-18-10-12-20(13-11-18)25-15-23-17-27-24(16-26(23)28-25)22-9-5-8-21(14-22)19-6-3-2-4-7-19/h2-17H,1H3. The quantitative estimate of drug-likeness (QED) is 0.315. The third-order valence-electron chi connectivity index (χ3n) is 5.00. The van der Waals surface area contributed by atoms with Crippen LogP contribution in [-0.4, -0.2) is 4.98 Å². The van der Waals surface area contributed by atoms with Gasteiger partial charge in [-0.1, -0.05) is 78.4 Å². The van der Waals surface area contributed by atoms with Crippen LogP contribution in [0.5, 0.6) is 0 Å². The van der Waals surface area contributed by atoms with Gasteiger partial charge in [-0.2, -0.15) is 0 Å². The molecule has 0 aliphatic rings. The van der Waals surface area contributed by atoms with Crippen molar-refractivity contribution in [2.45, 2.75) is 6.92 Å². The molecule has 0 saturated heterocycles. The number of pyridine rings is 1. The molecule has 2 heteroatoms. The van der Waals surface area contributed by atoms with E-state index in [1.165, 1.54) is 37.2 Å². The molecule has 134 valence electrons. The topological polar surface area (TPSA) is 12.9 Å². The number of hydrogen-bond acceptors (Lipinski definition) is 2. The fraction of sp³-hybridized carbons (Fsp3) is 0.0385. The number of hydrogen-bond donors (Lipinski definition) is 0. The van der Waals surface area contributed by atoms with Gasteiger partial charge in [-0.15, -0.1) is 11.3 Å². The third kappa shape index (κ3) is 3.23. The SMILES string of the molecule is Cc1ccc(-c2cc3cnc(-c4cccc(-c5ccccc5)c4)cc3s2)cc1. The summed E-state index contributed by atoms with van der Waals surface area (Å²) >= 11 is 1.83. The van der Waals surface area contributed by atoms with Crippen LogP contribution in [0, 0.1) is 6.92 Å². The lowest BCUT2D eigenvalue weighted by Gasteiger charge is -2.05. The van der Waals surface area contributed by atoms with Crippen molar-refractivity contribution >= 4 is 21.4 Å². The third-order valence-corrected chi connectivity index (χ3v) is 6.15. The predicted molar refractivity (Wildman–Crippen MR) is 121 cm³/mol. The van der Waals surface area contributed by atoms with Gasteiger partial charge in [0.15, 0.2) is 0 Å². The summed E-state index contributed by atoms with van der Waals surface area (Å²) in [4.78, 5) is 6.02. The summed E-state index contributed by atoms with van der Waals surface area (Å²) in [5.74, 6) is 0. The summed E-state index contributed by atoms with van der Waals surface area (Å²) in [7, 11) is 0. The summed E-state index contributed by atoms with van der Waals surface area (Å²) in [6.07, 6.45) is 1.99. The number of aryl methyl sites for hydroxylation is 1. The van der Waals surface area contributed by atoms with Crippen molar-refractivity contribution in [1.82, 2.24) is 4.98 Å². The molecule has 2 heterocycles. The summed E-state index contributed by atoms with van der Waals surface area (Å²) < 4.78 is 1.27. The van der Waals surface area contributed by atoms with Crippen LogP contribution in [0.4, 0.5) is 0 Å². The molecule has 0 aliphatic heterocycles. The first-order valence-corrected chi connectivity index (χ1v) is 10.2. The Morgan fingerprint density at radius 2 is 1.39 bits per heavy atom. The number of benzene rings is 3. The average molecular weight is 378 g/mol. The van der Waals surface area contributed by atoms with Gasteiger partial charge in [0.25, 0.3) is 0 Å². The monoisotopic (exact) mass is 377 g/mol. The molecule has 0 unspecified atom stereocenters. The highest BCUT2D eigenvalue weighted by Gasteiger charge is 2.08. The minimum Gasteiger partial charge on any atom is -0.256 e. The molecule has 0 amide bonds. The van der Waals surface area contributed by atoms with E-state index in [2.05, 4.69) is 91.9 Å². The van der Waals surface area contributed by atoms with Crippen molar-refractivity contribution in [1.29, 1.82) is 0 Å². The van der Waals surface area contributed by atoms with Crippen LogP contribution in [-0.2, 0) is 0 Å². The molecule has 0 radical (unpaired) electrons. The Labute approximate surface area is 169 Å². The number of fused-ring (bicyclic) bond motifs is 1. The second-order valence-corrected chi connectivity index (χ2v) is 8.11. The molecule has 5 aromatic rings. The van der Waals surface area contributed by atoms with E-state index in [1.54, 1.807) is 0 Å². The van der Waals surface area contributed by atoms with Crippen LogP contribution in [0.2, 0.25) is 0 Å². The van der Waals surface area contributed by atoms with Crippen molar-refractivity contribution in [3.8, 4) is 32.8 Å². The largest absolute Gasteiger partial charge is 0.256 e. The summed E-state index contributed by atoms with van der Waals surface area (Å²) in [6, 6.07) is 32.3. The van der Waals surface area contributed by atoms with Crippen molar-refractivity contribution < 1.29 is 0 Å². The number of aromatic nitrogens is 1. The van der Waals surface area contributed by atoms with E-state index < -0.39 is 0 Å². The first-order valence-electron chi connectivity index (χ1n) is 9.39. The predicted octanol–water partition coefficient (Wildman–Crippen LogP) is 7.61. The van der Waals surface area contributed by atoms with E-state index in [4.69, 9.17) is 4.98 Å². The van der Waals surface area contributed by atoms with Crippen molar-refractivity contribution in [3.05, 3.63) is 103 Å². The van der Waals surface area contributed by atoms with E-state index in [0.717, 1.165) is 11.3 Å². The average Bonchev–Trinajstić information content (AvgIpc) is 3.18. The van der Waals surface area contributed by atoms with E-state index in [1.807, 2.05) is 23.6 Å². The molecule has 2 aromatic heterocycles. The van der Waals surface area contributed by atoms with Gasteiger partial charge in [0.2, 0.25) is 0 Å². The van der Waals surface area contributed by atoms with Gasteiger partial charge >= 0.3 is 0 Å². The van der Waals surface area contributed by atoms with Crippen LogP contribution >= 0.6 is 11.3 Å². The smallest absolute Gasteiger partial charge is 0.0716 e. The first kappa shape index (κ1) is 16.9. The van der Waals surface area contributed by atoms with Crippen molar-refractivity contribution in [3.63, 3.8) is 0 Å². The zero-order chi connectivity index (χ0) is 18.9. The highest BCUT2D eigenvalue weighted by Crippen LogP contribution is 2.35. The summed E-state index contributed by atoms with van der Waals surface area (Å²) in [6.45, 7) is 2.12. The second kappa shape index (κ2) is 7.06. The maximum atomic E-state index is 4.74. The lowest BCUT2D eigenvalue weighted by atomic mass is 10.0. The molecular formula is C26H19NS. The molecule has 0 saturated carbocycles. The molecule has 0 fully saturated rings. The van der Waals surface area contributed by atoms with Gasteiger partial charge in [-0.3, -0.25) is 4.98 Å². The molecular weight excluding hydrogens is 358 g/mol. The van der Waals surface area contributed by atoms with E-state index >= 15 is 0 Å². The Hall–Kier alpha value is -3.23. The fourth-order valence-electron chi connectivity index (χ4n) is 3.44. The Kier molecular flexibility index (Phi) is 4.27. The molecule has 0 N–H and O–H groups in total. The zero-order valence-electron chi connectivity index (χ0n) is 15.6. The van der Waals surface area contributed by atoms with Gasteiger partial charge in [0, 0.05) is 26.7 Å². The molecule has 3 aromatic carbocycles. The zero-order valence-corrected chi connectivity index (χ0v) is 16.4. The van der Waals surface area contributed by atoms with E-state index in [0.29, 0.717) is 0 Å². The Bertz CT molecular complexity index is 1250. The number of thiophene rings is 1. The van der Waals surface area contributed by atoms with Crippen LogP contribution in [0.15, 0.2) is 97.2 Å². The molecule has 0 atom stereocenters. The lowest BCUT2D eigenvalue weighted by Crippen LogP contribution is -1.84. The highest BCUT2D eigenvalue weighted by molar-refractivity contribution is 7.22. The minimum atomic E-state index is 1.02. The van der Waals surface area contributed by atoms with Crippen LogP contribution in [0.25, 0.3) is 42.9 Å². The molecule has 28 heavy (non-hydrogen) atoms. The Morgan fingerprint density at radius 3 is 2.21 bits per heavy atom. The maximum Gasteiger partial charge on any atom is 0.0716 e. The van der Waals surface area contributed by atoms with Gasteiger partial charge < -0.3 is 0 Å². The van der Waals surface area contributed by atoms with Crippen LogP contribution in [0.3, 0.4) is 0 Å². The number of nitrogens with zero attached hydrogens (tertiary/aromatic N) is 1. The lowest BCUT2D eigenvalue weighted by molar-refractivity contribution is 1.36. The Balaban J connectivity index is 1.54. The maximum absolute atomic E-state index is 4.74. The summed E-state index contributed by atoms with van der Waals surface area (Å²) in [5.41, 5.74) is 7.15. The molecule has 0 bridgehead atoms. The fourth-order valence-corrected chi connectivity index (χ4v) is 4.52. The van der Waals surface area contributed by atoms with Gasteiger partial charge in [0.05, 0.1) is 5.69 Å². The van der Waals surface area contributed by atoms with Crippen LogP contribution in [0.1, 0.15) is 5.56 Å². The molecule has 0 aliphatic carbocycles. The highest BCUT2D eigenvalue weighted by atomic mass is 32.1. The van der Waals surface area contributed by atoms with Gasteiger partial charge in [-0.25, -0.2) is 0 Å². The van der Waals surface area contributed by atoms with Gasteiger partial charge in [0.1, 0.15) is 0 Å². The van der Waals surface area contributed by atoms with Crippen molar-refractivity contribution in [2.24, 2.45) is 0 Å². The minimum absolute atomic E-state index is 1.02. The van der Waals surface area contributed by atoms with E-state index in [-0.39, 0.29) is 0 Å². The van der Waals surface area contributed by atoms with E-state index in [9.17, 15) is 0 Å². The summed E-state index contributed by atoms with van der Waals surface area (Å²) in [5, 5.41) is 1.20. The molecule has 0 spiro atoms. The molecule has 5 rings (SSSR count). The Morgan fingerprint density at radius 1 is 0.643 bits per heavy atom. The molecule has 1 nitrogen and oxygen atoms in total.